The van der Waals surface area contributed by atoms with E-state index in [0.717, 1.165) is 43.2 Å². The van der Waals surface area contributed by atoms with E-state index in [1.165, 1.54) is 0 Å². The highest BCUT2D eigenvalue weighted by atomic mass is 16.5. The molecule has 0 saturated carbocycles. The third kappa shape index (κ3) is 3.01. The lowest BCUT2D eigenvalue weighted by atomic mass is 9.91. The Kier molecular flexibility index (Phi) is 5.05. The Hall–Kier alpha value is -1.26. The van der Waals surface area contributed by atoms with Crippen molar-refractivity contribution in [2.75, 3.05) is 34.0 Å². The van der Waals surface area contributed by atoms with Crippen LogP contribution in [-0.4, -0.2) is 34.0 Å². The van der Waals surface area contributed by atoms with E-state index in [-0.39, 0.29) is 6.04 Å². The van der Waals surface area contributed by atoms with E-state index in [4.69, 9.17) is 14.2 Å². The predicted molar refractivity (Wildman–Crippen MR) is 74.9 cm³/mol. The van der Waals surface area contributed by atoms with Gasteiger partial charge in [0.05, 0.1) is 26.4 Å². The molecule has 4 heteroatoms. The lowest BCUT2D eigenvalue weighted by Crippen LogP contribution is -2.29. The molecule has 19 heavy (non-hydrogen) atoms. The van der Waals surface area contributed by atoms with Crippen LogP contribution in [0, 0.1) is 5.92 Å². The first-order valence-electron chi connectivity index (χ1n) is 6.83. The number of rotatable bonds is 6. The second kappa shape index (κ2) is 6.78. The van der Waals surface area contributed by atoms with E-state index in [0.29, 0.717) is 5.92 Å². The molecule has 0 radical (unpaired) electrons. The van der Waals surface area contributed by atoms with Gasteiger partial charge in [0.1, 0.15) is 11.5 Å². The summed E-state index contributed by atoms with van der Waals surface area (Å²) < 4.78 is 16.6. The maximum Gasteiger partial charge on any atom is 0.127 e. The monoisotopic (exact) mass is 265 g/mol. The van der Waals surface area contributed by atoms with Gasteiger partial charge in [-0.2, -0.15) is 0 Å². The minimum atomic E-state index is 0.207. The first kappa shape index (κ1) is 14.2. The van der Waals surface area contributed by atoms with Gasteiger partial charge >= 0.3 is 0 Å². The van der Waals surface area contributed by atoms with Gasteiger partial charge in [0.25, 0.3) is 0 Å². The van der Waals surface area contributed by atoms with Crippen molar-refractivity contribution in [2.24, 2.45) is 5.92 Å². The normalized spacial score (nSPS) is 20.3. The Morgan fingerprint density at radius 3 is 2.47 bits per heavy atom. The summed E-state index contributed by atoms with van der Waals surface area (Å²) in [7, 11) is 3.40. The topological polar surface area (TPSA) is 39.7 Å². The number of benzene rings is 1. The summed E-state index contributed by atoms with van der Waals surface area (Å²) in [6, 6.07) is 6.13. The van der Waals surface area contributed by atoms with Crippen LogP contribution in [-0.2, 0) is 4.74 Å². The van der Waals surface area contributed by atoms with Crippen molar-refractivity contribution in [3.63, 3.8) is 0 Å². The summed E-state index contributed by atoms with van der Waals surface area (Å²) >= 11 is 0. The maximum atomic E-state index is 5.53. The summed E-state index contributed by atoms with van der Waals surface area (Å²) in [5.41, 5.74) is 1.10. The smallest absolute Gasteiger partial charge is 0.127 e. The SMILES string of the molecule is CCNC(c1c(OC)cccc1OC)C1CCOC1. The predicted octanol–water partition coefficient (Wildman–Crippen LogP) is 2.39. The third-order valence-corrected chi connectivity index (χ3v) is 3.64. The molecule has 0 spiro atoms. The molecule has 1 aliphatic rings. The maximum absolute atomic E-state index is 5.53. The Balaban J connectivity index is 2.38. The van der Waals surface area contributed by atoms with Crippen molar-refractivity contribution < 1.29 is 14.2 Å². The molecule has 0 aromatic heterocycles. The van der Waals surface area contributed by atoms with Crippen LogP contribution >= 0.6 is 0 Å². The lowest BCUT2D eigenvalue weighted by Gasteiger charge is -2.27. The Bertz CT molecular complexity index is 380. The van der Waals surface area contributed by atoms with Gasteiger partial charge in [0.15, 0.2) is 0 Å². The number of ether oxygens (including phenoxy) is 3. The van der Waals surface area contributed by atoms with Crippen molar-refractivity contribution in [2.45, 2.75) is 19.4 Å². The quantitative estimate of drug-likeness (QED) is 0.857. The van der Waals surface area contributed by atoms with Crippen LogP contribution in [0.2, 0.25) is 0 Å². The van der Waals surface area contributed by atoms with Crippen LogP contribution in [0.4, 0.5) is 0 Å². The van der Waals surface area contributed by atoms with Crippen LogP contribution in [0.25, 0.3) is 0 Å². The van der Waals surface area contributed by atoms with Gasteiger partial charge in [-0.1, -0.05) is 13.0 Å². The van der Waals surface area contributed by atoms with E-state index in [2.05, 4.69) is 12.2 Å². The molecule has 1 heterocycles. The van der Waals surface area contributed by atoms with Crippen LogP contribution in [0.1, 0.15) is 24.9 Å². The molecule has 1 aromatic carbocycles. The molecule has 0 aliphatic carbocycles. The van der Waals surface area contributed by atoms with Gasteiger partial charge in [-0.15, -0.1) is 0 Å². The van der Waals surface area contributed by atoms with Gasteiger partial charge in [0, 0.05) is 18.6 Å². The first-order valence-corrected chi connectivity index (χ1v) is 6.83. The summed E-state index contributed by atoms with van der Waals surface area (Å²) in [5, 5.41) is 3.55. The molecule has 4 nitrogen and oxygen atoms in total. The summed E-state index contributed by atoms with van der Waals surface area (Å²) in [4.78, 5) is 0. The van der Waals surface area contributed by atoms with Gasteiger partial charge in [-0.3, -0.25) is 0 Å². The van der Waals surface area contributed by atoms with Gasteiger partial charge in [-0.05, 0) is 25.1 Å². The Morgan fingerprint density at radius 2 is 2.00 bits per heavy atom. The highest BCUT2D eigenvalue weighted by molar-refractivity contribution is 5.47. The number of hydrogen-bond acceptors (Lipinski definition) is 4. The standard InChI is InChI=1S/C15H23NO3/c1-4-16-15(11-8-9-19-10-11)14-12(17-2)6-5-7-13(14)18-3/h5-7,11,15-16H,4,8-10H2,1-3H3. The highest BCUT2D eigenvalue weighted by Gasteiger charge is 2.30. The van der Waals surface area contributed by atoms with E-state index in [9.17, 15) is 0 Å². The molecule has 2 rings (SSSR count). The summed E-state index contributed by atoms with van der Waals surface area (Å²) in [5.74, 6) is 2.21. The summed E-state index contributed by atoms with van der Waals surface area (Å²) in [6.07, 6.45) is 1.07. The van der Waals surface area contributed by atoms with Crippen LogP contribution in [0.15, 0.2) is 18.2 Å². The Morgan fingerprint density at radius 1 is 1.32 bits per heavy atom. The molecule has 0 amide bonds. The Labute approximate surface area is 115 Å². The summed E-state index contributed by atoms with van der Waals surface area (Å²) in [6.45, 7) is 4.65. The molecule has 1 fully saturated rings. The second-order valence-electron chi connectivity index (χ2n) is 4.74. The fourth-order valence-electron chi connectivity index (χ4n) is 2.73. The second-order valence-corrected chi connectivity index (χ2v) is 4.74. The van der Waals surface area contributed by atoms with E-state index in [1.54, 1.807) is 14.2 Å². The minimum Gasteiger partial charge on any atom is -0.496 e. The third-order valence-electron chi connectivity index (χ3n) is 3.64. The molecular formula is C15H23NO3. The minimum absolute atomic E-state index is 0.207. The molecular weight excluding hydrogens is 242 g/mol. The van der Waals surface area contributed by atoms with E-state index >= 15 is 0 Å². The number of hydrogen-bond donors (Lipinski definition) is 1. The zero-order valence-electron chi connectivity index (χ0n) is 11.9. The largest absolute Gasteiger partial charge is 0.496 e. The highest BCUT2D eigenvalue weighted by Crippen LogP contribution is 2.39. The van der Waals surface area contributed by atoms with E-state index in [1.807, 2.05) is 18.2 Å². The molecule has 2 unspecified atom stereocenters. The molecule has 0 bridgehead atoms. The first-order chi connectivity index (χ1) is 9.31. The van der Waals surface area contributed by atoms with Crippen molar-refractivity contribution in [1.82, 2.24) is 5.32 Å². The van der Waals surface area contributed by atoms with Gasteiger partial charge < -0.3 is 19.5 Å². The average Bonchev–Trinajstić information content (AvgIpc) is 2.98. The van der Waals surface area contributed by atoms with Gasteiger partial charge in [-0.25, -0.2) is 0 Å². The van der Waals surface area contributed by atoms with Crippen molar-refractivity contribution >= 4 is 0 Å². The molecule has 1 aliphatic heterocycles. The van der Waals surface area contributed by atoms with Crippen LogP contribution < -0.4 is 14.8 Å². The molecule has 1 N–H and O–H groups in total. The fourth-order valence-corrected chi connectivity index (χ4v) is 2.73. The van der Waals surface area contributed by atoms with Crippen molar-refractivity contribution in [3.05, 3.63) is 23.8 Å². The molecule has 1 aromatic rings. The van der Waals surface area contributed by atoms with Crippen LogP contribution in [0.3, 0.4) is 0 Å². The zero-order chi connectivity index (χ0) is 13.7. The molecule has 1 saturated heterocycles. The fraction of sp³-hybridized carbons (Fsp3) is 0.600. The zero-order valence-corrected chi connectivity index (χ0v) is 11.9. The van der Waals surface area contributed by atoms with Crippen LogP contribution in [0.5, 0.6) is 11.5 Å². The molecule has 106 valence electrons. The number of methoxy groups -OCH3 is 2. The molecule has 2 atom stereocenters. The van der Waals surface area contributed by atoms with Crippen molar-refractivity contribution in [1.29, 1.82) is 0 Å². The van der Waals surface area contributed by atoms with Gasteiger partial charge in [0.2, 0.25) is 0 Å². The lowest BCUT2D eigenvalue weighted by molar-refractivity contribution is 0.176. The van der Waals surface area contributed by atoms with E-state index < -0.39 is 0 Å². The average molecular weight is 265 g/mol. The van der Waals surface area contributed by atoms with Crippen molar-refractivity contribution in [3.8, 4) is 11.5 Å². The number of nitrogens with one attached hydrogen (secondary N) is 1.